The highest BCUT2D eigenvalue weighted by atomic mass is 16.2. The molecule has 1 aliphatic heterocycles. The molecule has 3 nitrogen and oxygen atoms in total. The predicted octanol–water partition coefficient (Wildman–Crippen LogP) is 2.00. The van der Waals surface area contributed by atoms with Crippen LogP contribution in [0.5, 0.6) is 0 Å². The molecule has 1 N–H and O–H groups in total. The minimum atomic E-state index is 0.00625. The first-order valence-electron chi connectivity index (χ1n) is 6.80. The number of carbonyl (C=O) groups is 1. The molecule has 0 spiro atoms. The SMILES string of the molecule is CCC(C(=O)N1CCNC[C@@H]1C)c1ccccc1. The van der Waals surface area contributed by atoms with Crippen molar-refractivity contribution in [3.63, 3.8) is 0 Å². The number of piperazine rings is 1. The molecule has 0 bridgehead atoms. The summed E-state index contributed by atoms with van der Waals surface area (Å²) in [5, 5.41) is 3.32. The van der Waals surface area contributed by atoms with Gasteiger partial charge < -0.3 is 10.2 Å². The second-order valence-electron chi connectivity index (χ2n) is 4.96. The van der Waals surface area contributed by atoms with Crippen LogP contribution in [0.4, 0.5) is 0 Å². The van der Waals surface area contributed by atoms with Crippen LogP contribution in [0, 0.1) is 0 Å². The lowest BCUT2D eigenvalue weighted by Crippen LogP contribution is -2.53. The first-order valence-corrected chi connectivity index (χ1v) is 6.80. The Labute approximate surface area is 109 Å². The van der Waals surface area contributed by atoms with Gasteiger partial charge in [0.25, 0.3) is 0 Å². The van der Waals surface area contributed by atoms with Crippen molar-refractivity contribution in [1.82, 2.24) is 10.2 Å². The van der Waals surface area contributed by atoms with Crippen molar-refractivity contribution < 1.29 is 4.79 Å². The third kappa shape index (κ3) is 2.72. The number of nitrogens with zero attached hydrogens (tertiary/aromatic N) is 1. The zero-order valence-corrected chi connectivity index (χ0v) is 11.2. The highest BCUT2D eigenvalue weighted by Gasteiger charge is 2.28. The van der Waals surface area contributed by atoms with Crippen molar-refractivity contribution in [2.45, 2.75) is 32.2 Å². The van der Waals surface area contributed by atoms with Crippen LogP contribution in [0.15, 0.2) is 30.3 Å². The molecular weight excluding hydrogens is 224 g/mol. The molecule has 1 amide bonds. The number of nitrogens with one attached hydrogen (secondary N) is 1. The Bertz CT molecular complexity index is 391. The van der Waals surface area contributed by atoms with Crippen LogP contribution in [0.25, 0.3) is 0 Å². The number of hydrogen-bond acceptors (Lipinski definition) is 2. The Hall–Kier alpha value is -1.35. The van der Waals surface area contributed by atoms with Gasteiger partial charge in [0.15, 0.2) is 0 Å². The van der Waals surface area contributed by atoms with Gasteiger partial charge in [0, 0.05) is 25.7 Å². The predicted molar refractivity (Wildman–Crippen MR) is 73.5 cm³/mol. The molecule has 1 saturated heterocycles. The van der Waals surface area contributed by atoms with Gasteiger partial charge in [0.05, 0.1) is 5.92 Å². The molecule has 0 aromatic heterocycles. The van der Waals surface area contributed by atoms with Crippen LogP contribution >= 0.6 is 0 Å². The summed E-state index contributed by atoms with van der Waals surface area (Å²) in [4.78, 5) is 14.7. The zero-order valence-electron chi connectivity index (χ0n) is 11.2. The van der Waals surface area contributed by atoms with Gasteiger partial charge in [-0.2, -0.15) is 0 Å². The van der Waals surface area contributed by atoms with Gasteiger partial charge in [-0.15, -0.1) is 0 Å². The van der Waals surface area contributed by atoms with E-state index in [1.54, 1.807) is 0 Å². The molecule has 1 heterocycles. The minimum absolute atomic E-state index is 0.00625. The number of hydrogen-bond donors (Lipinski definition) is 1. The van der Waals surface area contributed by atoms with Gasteiger partial charge in [-0.05, 0) is 18.9 Å². The Morgan fingerprint density at radius 2 is 2.17 bits per heavy atom. The van der Waals surface area contributed by atoms with Crippen LogP contribution in [0.1, 0.15) is 31.7 Å². The van der Waals surface area contributed by atoms with E-state index in [-0.39, 0.29) is 11.8 Å². The zero-order chi connectivity index (χ0) is 13.0. The van der Waals surface area contributed by atoms with Gasteiger partial charge in [0.2, 0.25) is 5.91 Å². The van der Waals surface area contributed by atoms with Crippen molar-refractivity contribution >= 4 is 5.91 Å². The lowest BCUT2D eigenvalue weighted by atomic mass is 9.94. The summed E-state index contributed by atoms with van der Waals surface area (Å²) < 4.78 is 0. The highest BCUT2D eigenvalue weighted by Crippen LogP contribution is 2.23. The fraction of sp³-hybridized carbons (Fsp3) is 0.533. The second-order valence-corrected chi connectivity index (χ2v) is 4.96. The number of amides is 1. The lowest BCUT2D eigenvalue weighted by Gasteiger charge is -2.36. The van der Waals surface area contributed by atoms with Crippen LogP contribution < -0.4 is 5.32 Å². The molecule has 2 atom stereocenters. The Morgan fingerprint density at radius 3 is 2.78 bits per heavy atom. The minimum Gasteiger partial charge on any atom is -0.337 e. The molecule has 3 heteroatoms. The van der Waals surface area contributed by atoms with Gasteiger partial charge >= 0.3 is 0 Å². The fourth-order valence-corrected chi connectivity index (χ4v) is 2.61. The third-order valence-corrected chi connectivity index (χ3v) is 3.69. The average Bonchev–Trinajstić information content (AvgIpc) is 2.41. The summed E-state index contributed by atoms with van der Waals surface area (Å²) in [6.07, 6.45) is 0.861. The molecular formula is C15H22N2O. The van der Waals surface area contributed by atoms with E-state index in [4.69, 9.17) is 0 Å². The second kappa shape index (κ2) is 6.01. The summed E-state index contributed by atoms with van der Waals surface area (Å²) >= 11 is 0. The van der Waals surface area contributed by atoms with Crippen LogP contribution in [0.2, 0.25) is 0 Å². The first-order chi connectivity index (χ1) is 8.74. The molecule has 18 heavy (non-hydrogen) atoms. The third-order valence-electron chi connectivity index (χ3n) is 3.69. The Morgan fingerprint density at radius 1 is 1.44 bits per heavy atom. The van der Waals surface area contributed by atoms with Crippen LogP contribution in [0.3, 0.4) is 0 Å². The van der Waals surface area contributed by atoms with E-state index < -0.39 is 0 Å². The average molecular weight is 246 g/mol. The molecule has 2 rings (SSSR count). The maximum atomic E-state index is 12.6. The van der Waals surface area contributed by atoms with Gasteiger partial charge in [-0.1, -0.05) is 37.3 Å². The summed E-state index contributed by atoms with van der Waals surface area (Å²) in [7, 11) is 0. The van der Waals surface area contributed by atoms with E-state index in [0.29, 0.717) is 6.04 Å². The molecule has 0 aliphatic carbocycles. The quantitative estimate of drug-likeness (QED) is 0.884. The maximum Gasteiger partial charge on any atom is 0.230 e. The van der Waals surface area contributed by atoms with Gasteiger partial charge in [-0.3, -0.25) is 4.79 Å². The van der Waals surface area contributed by atoms with E-state index >= 15 is 0 Å². The van der Waals surface area contributed by atoms with Crippen molar-refractivity contribution in [3.8, 4) is 0 Å². The fourth-order valence-electron chi connectivity index (χ4n) is 2.61. The molecule has 0 saturated carbocycles. The van der Waals surface area contributed by atoms with E-state index in [9.17, 15) is 4.79 Å². The molecule has 0 radical (unpaired) electrons. The molecule has 1 unspecified atom stereocenters. The number of carbonyl (C=O) groups excluding carboxylic acids is 1. The molecule has 1 aromatic carbocycles. The molecule has 98 valence electrons. The summed E-state index contributed by atoms with van der Waals surface area (Å²) in [5.74, 6) is 0.282. The summed E-state index contributed by atoms with van der Waals surface area (Å²) in [6, 6.07) is 10.4. The monoisotopic (exact) mass is 246 g/mol. The highest BCUT2D eigenvalue weighted by molar-refractivity contribution is 5.84. The van der Waals surface area contributed by atoms with E-state index in [1.807, 2.05) is 23.1 Å². The Kier molecular flexibility index (Phi) is 4.37. The van der Waals surface area contributed by atoms with E-state index in [1.165, 1.54) is 0 Å². The van der Waals surface area contributed by atoms with Crippen molar-refractivity contribution in [1.29, 1.82) is 0 Å². The first kappa shape index (κ1) is 13.1. The normalized spacial score (nSPS) is 21.7. The molecule has 1 aromatic rings. The summed E-state index contributed by atoms with van der Waals surface area (Å²) in [5.41, 5.74) is 1.13. The van der Waals surface area contributed by atoms with Gasteiger partial charge in [-0.25, -0.2) is 0 Å². The standard InChI is InChI=1S/C15H22N2O/c1-3-14(13-7-5-4-6-8-13)15(18)17-10-9-16-11-12(17)2/h4-8,12,14,16H,3,9-11H2,1-2H3/t12-,14?/m0/s1. The smallest absolute Gasteiger partial charge is 0.230 e. The van der Waals surface area contributed by atoms with Crippen molar-refractivity contribution in [3.05, 3.63) is 35.9 Å². The van der Waals surface area contributed by atoms with E-state index in [0.717, 1.165) is 31.6 Å². The molecule has 1 aliphatic rings. The topological polar surface area (TPSA) is 32.3 Å². The number of benzene rings is 1. The maximum absolute atomic E-state index is 12.6. The summed E-state index contributed by atoms with van der Waals surface area (Å²) in [6.45, 7) is 6.83. The van der Waals surface area contributed by atoms with Gasteiger partial charge in [0.1, 0.15) is 0 Å². The Balaban J connectivity index is 2.15. The van der Waals surface area contributed by atoms with Crippen molar-refractivity contribution in [2.24, 2.45) is 0 Å². The molecule has 1 fully saturated rings. The van der Waals surface area contributed by atoms with Crippen LogP contribution in [-0.4, -0.2) is 36.5 Å². The lowest BCUT2D eigenvalue weighted by molar-refractivity contribution is -0.135. The van der Waals surface area contributed by atoms with E-state index in [2.05, 4.69) is 31.3 Å². The largest absolute Gasteiger partial charge is 0.337 e. The van der Waals surface area contributed by atoms with Crippen LogP contribution in [-0.2, 0) is 4.79 Å². The van der Waals surface area contributed by atoms with Crippen molar-refractivity contribution in [2.75, 3.05) is 19.6 Å². The number of rotatable bonds is 3.